The van der Waals surface area contributed by atoms with Crippen LogP contribution in [0.15, 0.2) is 18.2 Å². The minimum absolute atomic E-state index is 0.0882. The highest BCUT2D eigenvalue weighted by molar-refractivity contribution is 6.19. The van der Waals surface area contributed by atoms with Crippen molar-refractivity contribution in [3.8, 4) is 6.07 Å². The Kier molecular flexibility index (Phi) is 3.61. The van der Waals surface area contributed by atoms with Gasteiger partial charge in [0.05, 0.1) is 11.6 Å². The van der Waals surface area contributed by atoms with Gasteiger partial charge < -0.3 is 0 Å². The van der Waals surface area contributed by atoms with E-state index in [-0.39, 0.29) is 11.4 Å². The van der Waals surface area contributed by atoms with E-state index >= 15 is 0 Å². The number of allylic oxidation sites excluding steroid dienone is 1. The second-order valence-corrected chi connectivity index (χ2v) is 2.83. The third kappa shape index (κ3) is 2.30. The highest BCUT2D eigenvalue weighted by Crippen LogP contribution is 2.15. The van der Waals surface area contributed by atoms with Gasteiger partial charge >= 0.3 is 0 Å². The molecule has 0 radical (unpaired) electrons. The summed E-state index contributed by atoms with van der Waals surface area (Å²) in [4.78, 5) is 0. The molecule has 0 heterocycles. The van der Waals surface area contributed by atoms with Gasteiger partial charge in [0, 0.05) is 5.88 Å². The number of nitriles is 1. The summed E-state index contributed by atoms with van der Waals surface area (Å²) in [6, 6.07) is 3.61. The summed E-state index contributed by atoms with van der Waals surface area (Å²) < 4.78 is 25.5. The van der Waals surface area contributed by atoms with Crippen molar-refractivity contribution < 1.29 is 8.78 Å². The monoisotopic (exact) mass is 213 g/mol. The van der Waals surface area contributed by atoms with Crippen molar-refractivity contribution in [3.63, 3.8) is 0 Å². The molecule has 0 unspecified atom stereocenters. The van der Waals surface area contributed by atoms with Crippen LogP contribution in [0.3, 0.4) is 0 Å². The molecule has 0 saturated heterocycles. The second kappa shape index (κ2) is 4.73. The first kappa shape index (κ1) is 10.7. The van der Waals surface area contributed by atoms with Gasteiger partial charge in [0.25, 0.3) is 0 Å². The van der Waals surface area contributed by atoms with E-state index < -0.39 is 11.6 Å². The lowest BCUT2D eigenvalue weighted by molar-refractivity contribution is 0.508. The Labute approximate surface area is 85.2 Å². The van der Waals surface area contributed by atoms with E-state index in [1.165, 1.54) is 6.08 Å². The summed E-state index contributed by atoms with van der Waals surface area (Å²) in [5, 5.41) is 8.63. The number of halogens is 3. The molecule has 0 aromatic heterocycles. The molecule has 1 rings (SSSR count). The third-order valence-corrected chi connectivity index (χ3v) is 1.78. The molecule has 1 aromatic carbocycles. The molecule has 0 atom stereocenters. The van der Waals surface area contributed by atoms with Crippen LogP contribution in [0.1, 0.15) is 11.1 Å². The van der Waals surface area contributed by atoms with Gasteiger partial charge in [-0.05, 0) is 17.7 Å². The predicted octanol–water partition coefficient (Wildman–Crippen LogP) is 3.09. The SMILES string of the molecule is N#Cc1cc(F)c(F)cc1C=CCCl. The number of alkyl halides is 1. The van der Waals surface area contributed by atoms with E-state index in [1.54, 1.807) is 12.1 Å². The van der Waals surface area contributed by atoms with E-state index in [0.29, 0.717) is 5.56 Å². The Morgan fingerprint density at radius 1 is 1.36 bits per heavy atom. The first-order valence-electron chi connectivity index (χ1n) is 3.80. The molecule has 0 amide bonds. The molecule has 4 heteroatoms. The number of benzene rings is 1. The van der Waals surface area contributed by atoms with Crippen LogP contribution >= 0.6 is 11.6 Å². The van der Waals surface area contributed by atoms with Crippen LogP contribution in [-0.2, 0) is 0 Å². The van der Waals surface area contributed by atoms with E-state index in [9.17, 15) is 8.78 Å². The molecule has 1 nitrogen and oxygen atoms in total. The van der Waals surface area contributed by atoms with Gasteiger partial charge in [0.1, 0.15) is 0 Å². The average Bonchev–Trinajstić information content (AvgIpc) is 2.19. The highest BCUT2D eigenvalue weighted by Gasteiger charge is 2.06. The summed E-state index contributed by atoms with van der Waals surface area (Å²) in [7, 11) is 0. The molecule has 0 bridgehead atoms. The fourth-order valence-corrected chi connectivity index (χ4v) is 1.06. The van der Waals surface area contributed by atoms with Crippen LogP contribution in [0.25, 0.3) is 6.08 Å². The summed E-state index contributed by atoms with van der Waals surface area (Å²) in [6.45, 7) is 0. The molecule has 0 aliphatic heterocycles. The lowest BCUT2D eigenvalue weighted by Crippen LogP contribution is -1.90. The Morgan fingerprint density at radius 2 is 2.00 bits per heavy atom. The Balaban J connectivity index is 3.22. The zero-order chi connectivity index (χ0) is 10.6. The number of hydrogen-bond acceptors (Lipinski definition) is 1. The fourth-order valence-electron chi connectivity index (χ4n) is 0.968. The lowest BCUT2D eigenvalue weighted by Gasteiger charge is -1.98. The average molecular weight is 214 g/mol. The molecule has 0 saturated carbocycles. The maximum atomic E-state index is 12.8. The summed E-state index contributed by atoms with van der Waals surface area (Å²) in [5.41, 5.74) is 0.414. The lowest BCUT2D eigenvalue weighted by atomic mass is 10.1. The molecule has 0 aliphatic rings. The number of rotatable bonds is 2. The van der Waals surface area contributed by atoms with Gasteiger partial charge in [-0.3, -0.25) is 0 Å². The zero-order valence-electron chi connectivity index (χ0n) is 7.10. The van der Waals surface area contributed by atoms with Gasteiger partial charge in [-0.1, -0.05) is 12.2 Å². The largest absolute Gasteiger partial charge is 0.204 e. The van der Waals surface area contributed by atoms with Crippen molar-refractivity contribution in [2.45, 2.75) is 0 Å². The van der Waals surface area contributed by atoms with Crippen molar-refractivity contribution in [2.24, 2.45) is 0 Å². The minimum atomic E-state index is -1.02. The van der Waals surface area contributed by atoms with Gasteiger partial charge in [0.2, 0.25) is 0 Å². The molecule has 72 valence electrons. The van der Waals surface area contributed by atoms with Gasteiger partial charge in [-0.15, -0.1) is 11.6 Å². The van der Waals surface area contributed by atoms with Crippen LogP contribution in [0.5, 0.6) is 0 Å². The van der Waals surface area contributed by atoms with Crippen LogP contribution in [-0.4, -0.2) is 5.88 Å². The van der Waals surface area contributed by atoms with E-state index in [0.717, 1.165) is 12.1 Å². The predicted molar refractivity (Wildman–Crippen MR) is 50.8 cm³/mol. The topological polar surface area (TPSA) is 23.8 Å². The van der Waals surface area contributed by atoms with Crippen LogP contribution in [0.2, 0.25) is 0 Å². The van der Waals surface area contributed by atoms with Crippen molar-refractivity contribution >= 4 is 17.7 Å². The summed E-state index contributed by atoms with van der Waals surface area (Å²) in [5.74, 6) is -1.74. The molecule has 14 heavy (non-hydrogen) atoms. The van der Waals surface area contributed by atoms with E-state index in [4.69, 9.17) is 16.9 Å². The van der Waals surface area contributed by atoms with E-state index in [2.05, 4.69) is 0 Å². The van der Waals surface area contributed by atoms with Crippen molar-refractivity contribution in [2.75, 3.05) is 5.88 Å². The molecule has 0 fully saturated rings. The smallest absolute Gasteiger partial charge is 0.160 e. The van der Waals surface area contributed by atoms with Crippen molar-refractivity contribution in [1.82, 2.24) is 0 Å². The molecular weight excluding hydrogens is 208 g/mol. The first-order valence-corrected chi connectivity index (χ1v) is 4.34. The normalized spacial score (nSPS) is 10.4. The van der Waals surface area contributed by atoms with Crippen LogP contribution in [0, 0.1) is 23.0 Å². The van der Waals surface area contributed by atoms with Gasteiger partial charge in [-0.2, -0.15) is 5.26 Å². The Hall–Kier alpha value is -1.40. The van der Waals surface area contributed by atoms with Crippen molar-refractivity contribution in [3.05, 3.63) is 41.0 Å². The molecule has 0 spiro atoms. The van der Waals surface area contributed by atoms with E-state index in [1.807, 2.05) is 0 Å². The molecule has 0 aliphatic carbocycles. The number of nitrogens with zero attached hydrogens (tertiary/aromatic N) is 1. The third-order valence-electron chi connectivity index (χ3n) is 1.60. The number of hydrogen-bond donors (Lipinski definition) is 0. The zero-order valence-corrected chi connectivity index (χ0v) is 7.85. The second-order valence-electron chi connectivity index (χ2n) is 2.52. The first-order chi connectivity index (χ1) is 6.69. The van der Waals surface area contributed by atoms with Crippen molar-refractivity contribution in [1.29, 1.82) is 5.26 Å². The maximum absolute atomic E-state index is 12.8. The standard InChI is InChI=1S/C10H6ClF2N/c11-3-1-2-7-4-9(12)10(13)5-8(7)6-14/h1-2,4-5H,3H2. The fraction of sp³-hybridized carbons (Fsp3) is 0.100. The minimum Gasteiger partial charge on any atom is -0.204 e. The Bertz CT molecular complexity index is 407. The quantitative estimate of drug-likeness (QED) is 0.693. The van der Waals surface area contributed by atoms with Gasteiger partial charge in [-0.25, -0.2) is 8.78 Å². The Morgan fingerprint density at radius 3 is 2.57 bits per heavy atom. The van der Waals surface area contributed by atoms with Crippen LogP contribution < -0.4 is 0 Å². The summed E-state index contributed by atoms with van der Waals surface area (Å²) in [6.07, 6.45) is 3.03. The summed E-state index contributed by atoms with van der Waals surface area (Å²) >= 11 is 5.38. The molecule has 0 N–H and O–H groups in total. The maximum Gasteiger partial charge on any atom is 0.160 e. The molecular formula is C10H6ClF2N. The highest BCUT2D eigenvalue weighted by atomic mass is 35.5. The van der Waals surface area contributed by atoms with Gasteiger partial charge in [0.15, 0.2) is 11.6 Å². The molecule has 1 aromatic rings. The van der Waals surface area contributed by atoms with Crippen LogP contribution in [0.4, 0.5) is 8.78 Å².